The molecule has 0 fully saturated rings. The van der Waals surface area contributed by atoms with E-state index in [0.29, 0.717) is 36.8 Å². The van der Waals surface area contributed by atoms with Crippen molar-refractivity contribution in [1.82, 2.24) is 10.6 Å². The lowest BCUT2D eigenvalue weighted by Crippen LogP contribution is -2.49. The highest BCUT2D eigenvalue weighted by atomic mass is 32.1. The van der Waals surface area contributed by atoms with Gasteiger partial charge in [0.2, 0.25) is 5.91 Å². The average molecular weight is 419 g/mol. The van der Waals surface area contributed by atoms with Crippen LogP contribution in [0.5, 0.6) is 11.5 Å². The summed E-state index contributed by atoms with van der Waals surface area (Å²) in [5.41, 5.74) is 1.04. The minimum Gasteiger partial charge on any atom is -0.490 e. The number of hydrogen-bond donors (Lipinski definition) is 2. The maximum Gasteiger partial charge on any atom is 0.262 e. The highest BCUT2D eigenvalue weighted by molar-refractivity contribution is 7.12. The molecule has 0 aliphatic rings. The Morgan fingerprint density at radius 2 is 1.79 bits per heavy atom. The number of rotatable bonds is 11. The first-order chi connectivity index (χ1) is 14.0. The van der Waals surface area contributed by atoms with Crippen molar-refractivity contribution in [3.63, 3.8) is 0 Å². The minimum atomic E-state index is -0.580. The molecule has 0 radical (unpaired) electrons. The van der Waals surface area contributed by atoms with E-state index in [1.54, 1.807) is 6.07 Å². The zero-order chi connectivity index (χ0) is 21.2. The Kier molecular flexibility index (Phi) is 8.99. The topological polar surface area (TPSA) is 76.7 Å². The van der Waals surface area contributed by atoms with E-state index in [2.05, 4.69) is 10.6 Å². The second-order valence-electron chi connectivity index (χ2n) is 6.86. The van der Waals surface area contributed by atoms with Crippen LogP contribution in [0.4, 0.5) is 0 Å². The monoisotopic (exact) mass is 418 g/mol. The summed E-state index contributed by atoms with van der Waals surface area (Å²) in [7, 11) is 0. The molecule has 2 amide bonds. The molecule has 6 nitrogen and oxygen atoms in total. The number of carbonyl (C=O) groups excluding carboxylic acids is 2. The molecular formula is C22H30N2O4S. The summed E-state index contributed by atoms with van der Waals surface area (Å²) in [5, 5.41) is 7.61. The van der Waals surface area contributed by atoms with E-state index in [1.807, 2.05) is 57.3 Å². The van der Waals surface area contributed by atoms with E-state index in [0.717, 1.165) is 11.3 Å². The summed E-state index contributed by atoms with van der Waals surface area (Å²) >= 11 is 1.36. The van der Waals surface area contributed by atoms with Gasteiger partial charge in [-0.2, -0.15) is 0 Å². The molecular weight excluding hydrogens is 388 g/mol. The van der Waals surface area contributed by atoms with E-state index < -0.39 is 6.04 Å². The zero-order valence-electron chi connectivity index (χ0n) is 17.5. The molecule has 158 valence electrons. The molecule has 0 aliphatic heterocycles. The van der Waals surface area contributed by atoms with Gasteiger partial charge in [-0.1, -0.05) is 26.0 Å². The molecule has 0 saturated carbocycles. The number of hydrogen-bond acceptors (Lipinski definition) is 5. The van der Waals surface area contributed by atoms with Gasteiger partial charge in [0.05, 0.1) is 18.1 Å². The molecule has 0 aliphatic carbocycles. The molecule has 0 bridgehead atoms. The maximum absolute atomic E-state index is 12.6. The lowest BCUT2D eigenvalue weighted by atomic mass is 10.0. The van der Waals surface area contributed by atoms with Crippen LogP contribution in [0.1, 0.15) is 42.9 Å². The van der Waals surface area contributed by atoms with Gasteiger partial charge in [0.25, 0.3) is 5.91 Å². The summed E-state index contributed by atoms with van der Waals surface area (Å²) in [4.78, 5) is 25.5. The Labute approximate surface area is 176 Å². The van der Waals surface area contributed by atoms with E-state index in [-0.39, 0.29) is 17.7 Å². The molecule has 1 aromatic carbocycles. The van der Waals surface area contributed by atoms with Crippen molar-refractivity contribution in [2.45, 2.75) is 40.2 Å². The number of thiophene rings is 1. The molecule has 2 aromatic rings. The Balaban J connectivity index is 1.92. The molecule has 1 aromatic heterocycles. The highest BCUT2D eigenvalue weighted by Crippen LogP contribution is 2.28. The summed E-state index contributed by atoms with van der Waals surface area (Å²) in [5.74, 6) is 1.01. The Morgan fingerprint density at radius 3 is 2.41 bits per heavy atom. The van der Waals surface area contributed by atoms with Crippen LogP contribution in [0.3, 0.4) is 0 Å². The van der Waals surface area contributed by atoms with Gasteiger partial charge in [-0.15, -0.1) is 11.3 Å². The second kappa shape index (κ2) is 11.5. The molecule has 2 N–H and O–H groups in total. The number of amides is 2. The van der Waals surface area contributed by atoms with Crippen molar-refractivity contribution in [2.75, 3.05) is 19.8 Å². The quantitative estimate of drug-likeness (QED) is 0.584. The summed E-state index contributed by atoms with van der Waals surface area (Å²) in [6.45, 7) is 9.29. The van der Waals surface area contributed by atoms with Crippen molar-refractivity contribution in [2.24, 2.45) is 5.92 Å². The van der Waals surface area contributed by atoms with E-state index >= 15 is 0 Å². The van der Waals surface area contributed by atoms with Gasteiger partial charge in [0.15, 0.2) is 11.5 Å². The largest absolute Gasteiger partial charge is 0.490 e. The van der Waals surface area contributed by atoms with E-state index in [9.17, 15) is 9.59 Å². The third-order valence-electron chi connectivity index (χ3n) is 4.30. The number of carbonyl (C=O) groups is 2. The second-order valence-corrected chi connectivity index (χ2v) is 7.81. The lowest BCUT2D eigenvalue weighted by Gasteiger charge is -2.21. The Morgan fingerprint density at radius 1 is 1.07 bits per heavy atom. The Hall–Kier alpha value is -2.54. The third-order valence-corrected chi connectivity index (χ3v) is 5.17. The first-order valence-corrected chi connectivity index (χ1v) is 10.8. The van der Waals surface area contributed by atoms with Gasteiger partial charge in [0, 0.05) is 6.54 Å². The fourth-order valence-electron chi connectivity index (χ4n) is 2.85. The SMILES string of the molecule is CCOc1ccc(CCNC(=O)C(NC(=O)c2cccs2)C(C)C)cc1OCC. The predicted molar refractivity (Wildman–Crippen MR) is 116 cm³/mol. The summed E-state index contributed by atoms with van der Waals surface area (Å²) < 4.78 is 11.2. The van der Waals surface area contributed by atoms with Crippen LogP contribution in [-0.2, 0) is 11.2 Å². The molecule has 1 unspecified atom stereocenters. The number of benzene rings is 1. The lowest BCUT2D eigenvalue weighted by molar-refractivity contribution is -0.123. The average Bonchev–Trinajstić information content (AvgIpc) is 3.23. The van der Waals surface area contributed by atoms with E-state index in [1.165, 1.54) is 11.3 Å². The van der Waals surface area contributed by atoms with Crippen LogP contribution in [0.2, 0.25) is 0 Å². The fraction of sp³-hybridized carbons (Fsp3) is 0.455. The summed E-state index contributed by atoms with van der Waals surface area (Å²) in [6.07, 6.45) is 0.655. The van der Waals surface area contributed by atoms with Crippen molar-refractivity contribution in [3.05, 3.63) is 46.2 Å². The van der Waals surface area contributed by atoms with Crippen molar-refractivity contribution < 1.29 is 19.1 Å². The normalized spacial score (nSPS) is 11.8. The maximum atomic E-state index is 12.6. The molecule has 1 heterocycles. The van der Waals surface area contributed by atoms with Crippen LogP contribution in [0.15, 0.2) is 35.7 Å². The standard InChI is InChI=1S/C22H30N2O4S/c1-5-27-17-10-9-16(14-18(17)28-6-2)11-12-23-22(26)20(15(3)4)24-21(25)19-8-7-13-29-19/h7-10,13-15,20H,5-6,11-12H2,1-4H3,(H,23,26)(H,24,25). The molecule has 0 saturated heterocycles. The first kappa shape index (κ1) is 22.7. The Bertz CT molecular complexity index is 790. The molecule has 2 rings (SSSR count). The molecule has 7 heteroatoms. The molecule has 1 atom stereocenters. The van der Waals surface area contributed by atoms with Crippen LogP contribution in [0, 0.1) is 5.92 Å². The van der Waals surface area contributed by atoms with Gasteiger partial charge in [-0.25, -0.2) is 0 Å². The van der Waals surface area contributed by atoms with Crippen LogP contribution >= 0.6 is 11.3 Å². The summed E-state index contributed by atoms with van der Waals surface area (Å²) in [6, 6.07) is 8.79. The number of ether oxygens (including phenoxy) is 2. The molecule has 29 heavy (non-hydrogen) atoms. The highest BCUT2D eigenvalue weighted by Gasteiger charge is 2.24. The van der Waals surface area contributed by atoms with Crippen LogP contribution in [-0.4, -0.2) is 37.6 Å². The van der Waals surface area contributed by atoms with Crippen molar-refractivity contribution in [1.29, 1.82) is 0 Å². The zero-order valence-corrected chi connectivity index (χ0v) is 18.3. The third kappa shape index (κ3) is 6.78. The predicted octanol–water partition coefficient (Wildman–Crippen LogP) is 3.66. The minimum absolute atomic E-state index is 0.0195. The fourth-order valence-corrected chi connectivity index (χ4v) is 3.47. The molecule has 0 spiro atoms. The van der Waals surface area contributed by atoms with Crippen LogP contribution in [0.25, 0.3) is 0 Å². The van der Waals surface area contributed by atoms with Gasteiger partial charge in [-0.05, 0) is 55.3 Å². The van der Waals surface area contributed by atoms with Gasteiger partial charge >= 0.3 is 0 Å². The smallest absolute Gasteiger partial charge is 0.262 e. The van der Waals surface area contributed by atoms with Crippen molar-refractivity contribution in [3.8, 4) is 11.5 Å². The van der Waals surface area contributed by atoms with Gasteiger partial charge in [-0.3, -0.25) is 9.59 Å². The first-order valence-electron chi connectivity index (χ1n) is 9.96. The van der Waals surface area contributed by atoms with Crippen LogP contribution < -0.4 is 20.1 Å². The van der Waals surface area contributed by atoms with E-state index in [4.69, 9.17) is 9.47 Å². The van der Waals surface area contributed by atoms with Crippen molar-refractivity contribution >= 4 is 23.2 Å². The van der Waals surface area contributed by atoms with Gasteiger partial charge < -0.3 is 20.1 Å². The van der Waals surface area contributed by atoms with Gasteiger partial charge in [0.1, 0.15) is 6.04 Å². The number of nitrogens with one attached hydrogen (secondary N) is 2.